The zero-order chi connectivity index (χ0) is 22.3. The summed E-state index contributed by atoms with van der Waals surface area (Å²) in [7, 11) is 2.13. The van der Waals surface area contributed by atoms with E-state index in [9.17, 15) is 5.11 Å². The number of hydrogen-bond donors (Lipinski definition) is 1. The predicted molar refractivity (Wildman–Crippen MR) is 133 cm³/mol. The molecule has 0 aliphatic carbocycles. The van der Waals surface area contributed by atoms with Gasteiger partial charge >= 0.3 is 0 Å². The van der Waals surface area contributed by atoms with Gasteiger partial charge in [-0.1, -0.05) is 91.0 Å². The molecule has 1 unspecified atom stereocenters. The Labute approximate surface area is 193 Å². The minimum Gasteiger partial charge on any atom is -0.387 e. The Morgan fingerprint density at radius 3 is 1.88 bits per heavy atom. The highest BCUT2D eigenvalue weighted by molar-refractivity contribution is 5.33. The van der Waals surface area contributed by atoms with E-state index in [0.717, 1.165) is 31.7 Å². The Morgan fingerprint density at radius 2 is 1.34 bits per heavy atom. The molecule has 1 saturated heterocycles. The molecule has 3 nitrogen and oxygen atoms in total. The average Bonchev–Trinajstić information content (AvgIpc) is 3.32. The first kappa shape index (κ1) is 22.7. The molecule has 3 aromatic carbocycles. The monoisotopic (exact) mass is 428 g/mol. The number of likely N-dealkylation sites (tertiary alicyclic amines) is 1. The van der Waals surface area contributed by atoms with Crippen molar-refractivity contribution in [2.45, 2.75) is 31.4 Å². The molecule has 0 bridgehead atoms. The maximum Gasteiger partial charge on any atom is 0.0942 e. The van der Waals surface area contributed by atoms with Crippen LogP contribution in [0.2, 0.25) is 0 Å². The smallest absolute Gasteiger partial charge is 0.0942 e. The second-order valence-corrected chi connectivity index (χ2v) is 9.23. The Hall–Kier alpha value is -2.46. The van der Waals surface area contributed by atoms with Crippen molar-refractivity contribution >= 4 is 0 Å². The van der Waals surface area contributed by atoms with Crippen molar-refractivity contribution < 1.29 is 5.11 Å². The normalized spacial score (nSPS) is 18.8. The van der Waals surface area contributed by atoms with Crippen LogP contribution >= 0.6 is 0 Å². The van der Waals surface area contributed by atoms with Crippen LogP contribution in [0.4, 0.5) is 0 Å². The van der Waals surface area contributed by atoms with Gasteiger partial charge in [-0.25, -0.2) is 0 Å². The molecular weight excluding hydrogens is 392 g/mol. The van der Waals surface area contributed by atoms with Crippen LogP contribution in [0, 0.1) is 5.92 Å². The highest BCUT2D eigenvalue weighted by atomic mass is 16.3. The van der Waals surface area contributed by atoms with E-state index in [-0.39, 0.29) is 6.04 Å². The Morgan fingerprint density at radius 1 is 0.844 bits per heavy atom. The molecule has 3 aromatic rings. The van der Waals surface area contributed by atoms with Crippen molar-refractivity contribution in [2.75, 3.05) is 33.2 Å². The molecular formula is C29H36N2O. The lowest BCUT2D eigenvalue weighted by atomic mass is 9.80. The van der Waals surface area contributed by atoms with Crippen molar-refractivity contribution in [2.24, 2.45) is 5.92 Å². The molecule has 4 rings (SSSR count). The molecule has 0 amide bonds. The van der Waals surface area contributed by atoms with E-state index < -0.39 is 6.10 Å². The Kier molecular flexibility index (Phi) is 7.75. The molecule has 32 heavy (non-hydrogen) atoms. The average molecular weight is 429 g/mol. The predicted octanol–water partition coefficient (Wildman–Crippen LogP) is 5.19. The topological polar surface area (TPSA) is 26.7 Å². The van der Waals surface area contributed by atoms with E-state index in [1.54, 1.807) is 0 Å². The van der Waals surface area contributed by atoms with E-state index in [0.29, 0.717) is 11.8 Å². The van der Waals surface area contributed by atoms with Crippen molar-refractivity contribution in [3.05, 3.63) is 108 Å². The number of aliphatic hydroxyl groups is 1. The summed E-state index contributed by atoms with van der Waals surface area (Å²) in [6, 6.07) is 32.0. The minimum absolute atomic E-state index is 0.0807. The summed E-state index contributed by atoms with van der Waals surface area (Å²) in [6.07, 6.45) is 0.758. The largest absolute Gasteiger partial charge is 0.387 e. The highest BCUT2D eigenvalue weighted by Gasteiger charge is 2.31. The van der Waals surface area contributed by atoms with Gasteiger partial charge in [0.2, 0.25) is 0 Å². The molecule has 1 aliphatic heterocycles. The molecule has 3 heteroatoms. The first-order valence-electron chi connectivity index (χ1n) is 11.9. The molecule has 1 N–H and O–H groups in total. The van der Waals surface area contributed by atoms with Crippen LogP contribution < -0.4 is 0 Å². The molecule has 1 aliphatic rings. The summed E-state index contributed by atoms with van der Waals surface area (Å²) < 4.78 is 0. The lowest BCUT2D eigenvalue weighted by Gasteiger charge is -2.31. The van der Waals surface area contributed by atoms with Gasteiger partial charge in [-0.15, -0.1) is 0 Å². The zero-order valence-electron chi connectivity index (χ0n) is 19.3. The van der Waals surface area contributed by atoms with Gasteiger partial charge in [-0.3, -0.25) is 4.90 Å². The number of benzene rings is 3. The first-order valence-corrected chi connectivity index (χ1v) is 11.9. The van der Waals surface area contributed by atoms with Gasteiger partial charge in [-0.2, -0.15) is 0 Å². The quantitative estimate of drug-likeness (QED) is 0.508. The van der Waals surface area contributed by atoms with E-state index in [4.69, 9.17) is 0 Å². The van der Waals surface area contributed by atoms with E-state index in [2.05, 4.69) is 84.4 Å². The van der Waals surface area contributed by atoms with E-state index >= 15 is 0 Å². The van der Waals surface area contributed by atoms with E-state index in [1.807, 2.05) is 30.3 Å². The van der Waals surface area contributed by atoms with Gasteiger partial charge in [0.05, 0.1) is 6.10 Å². The van der Waals surface area contributed by atoms with Crippen molar-refractivity contribution in [3.8, 4) is 0 Å². The van der Waals surface area contributed by atoms with Crippen molar-refractivity contribution in [3.63, 3.8) is 0 Å². The number of likely N-dealkylation sites (N-methyl/N-ethyl adjacent to an activating group) is 1. The fourth-order valence-corrected chi connectivity index (χ4v) is 5.07. The summed E-state index contributed by atoms with van der Waals surface area (Å²) in [5, 5.41) is 10.8. The van der Waals surface area contributed by atoms with Crippen LogP contribution in [0.15, 0.2) is 91.0 Å². The lowest BCUT2D eigenvalue weighted by molar-refractivity contribution is 0.0677. The summed E-state index contributed by atoms with van der Waals surface area (Å²) in [5.74, 6) is 1.07. The van der Waals surface area contributed by atoms with Gasteiger partial charge in [0.25, 0.3) is 0 Å². The van der Waals surface area contributed by atoms with Crippen LogP contribution in [-0.4, -0.2) is 54.2 Å². The van der Waals surface area contributed by atoms with Crippen molar-refractivity contribution in [1.82, 2.24) is 9.80 Å². The van der Waals surface area contributed by atoms with Crippen LogP contribution in [0.5, 0.6) is 0 Å². The van der Waals surface area contributed by atoms with Crippen molar-refractivity contribution in [1.29, 1.82) is 0 Å². The fraction of sp³-hybridized carbons (Fsp3) is 0.379. The summed E-state index contributed by atoms with van der Waals surface area (Å²) in [5.41, 5.74) is 3.83. The van der Waals surface area contributed by atoms with Gasteiger partial charge in [0, 0.05) is 31.6 Å². The SMILES string of the molecule is C[C@H]([C@H](O)c1ccccc1)N(C)CCN1CCC(C(c2ccccc2)c2ccccc2)C1. The first-order chi connectivity index (χ1) is 15.6. The number of nitrogens with zero attached hydrogens (tertiary/aromatic N) is 2. The third-order valence-electron chi connectivity index (χ3n) is 7.16. The lowest BCUT2D eigenvalue weighted by Crippen LogP contribution is -2.39. The standard InChI is InChI=1S/C29H36N2O/c1-23(29(32)26-16-10-5-11-17-26)30(2)20-21-31-19-18-27(22-31)28(24-12-6-3-7-13-24)25-14-8-4-9-15-25/h3-17,23,27-29,32H,18-22H2,1-2H3/t23-,27?,29+/m1/s1. The molecule has 0 saturated carbocycles. The minimum atomic E-state index is -0.465. The summed E-state index contributed by atoms with van der Waals surface area (Å²) >= 11 is 0. The third-order valence-corrected chi connectivity index (χ3v) is 7.16. The Bertz CT molecular complexity index is 892. The van der Waals surface area contributed by atoms with Gasteiger partial charge in [0.15, 0.2) is 0 Å². The summed E-state index contributed by atoms with van der Waals surface area (Å²) in [6.45, 7) is 6.38. The second kappa shape index (κ2) is 10.9. The molecule has 0 radical (unpaired) electrons. The summed E-state index contributed by atoms with van der Waals surface area (Å²) in [4.78, 5) is 4.89. The second-order valence-electron chi connectivity index (χ2n) is 9.23. The van der Waals surface area contributed by atoms with E-state index in [1.165, 1.54) is 17.5 Å². The molecule has 0 spiro atoms. The van der Waals surface area contributed by atoms with Gasteiger partial charge < -0.3 is 10.0 Å². The molecule has 0 aromatic heterocycles. The van der Waals surface area contributed by atoms with Crippen LogP contribution in [0.1, 0.15) is 42.1 Å². The zero-order valence-corrected chi connectivity index (χ0v) is 19.3. The third kappa shape index (κ3) is 5.47. The van der Waals surface area contributed by atoms with Gasteiger partial charge in [-0.05, 0) is 49.5 Å². The molecule has 1 heterocycles. The van der Waals surface area contributed by atoms with Gasteiger partial charge in [0.1, 0.15) is 0 Å². The number of aliphatic hydroxyl groups excluding tert-OH is 1. The van der Waals surface area contributed by atoms with Crippen LogP contribution in [0.3, 0.4) is 0 Å². The molecule has 3 atom stereocenters. The van der Waals surface area contributed by atoms with Crippen LogP contribution in [-0.2, 0) is 0 Å². The highest BCUT2D eigenvalue weighted by Crippen LogP contribution is 2.37. The molecule has 1 fully saturated rings. The maximum atomic E-state index is 10.8. The number of rotatable bonds is 9. The molecule has 168 valence electrons. The Balaban J connectivity index is 1.36. The number of hydrogen-bond acceptors (Lipinski definition) is 3. The maximum absolute atomic E-state index is 10.8. The van der Waals surface area contributed by atoms with Crippen LogP contribution in [0.25, 0.3) is 0 Å². The fourth-order valence-electron chi connectivity index (χ4n) is 5.07.